The number of hydrogen-bond donors (Lipinski definition) is 0. The zero-order valence-corrected chi connectivity index (χ0v) is 11.0. The Bertz CT molecular complexity index is 223. The molecular formula is C15H26. The summed E-state index contributed by atoms with van der Waals surface area (Å²) >= 11 is 0. The molecule has 0 heterocycles. The summed E-state index contributed by atoms with van der Waals surface area (Å²) in [6, 6.07) is 8.19. The van der Waals surface area contributed by atoms with Crippen LogP contribution in [0.2, 0.25) is 0 Å². The summed E-state index contributed by atoms with van der Waals surface area (Å²) in [5, 5.41) is 0. The largest absolute Gasteiger partial charge is 0.106 e. The van der Waals surface area contributed by atoms with Crippen LogP contribution < -0.4 is 0 Å². The zero-order chi connectivity index (χ0) is 12.7. The van der Waals surface area contributed by atoms with E-state index in [0.29, 0.717) is 0 Å². The van der Waals surface area contributed by atoms with Gasteiger partial charge in [0, 0.05) is 0 Å². The molecule has 0 atom stereocenters. The van der Waals surface area contributed by atoms with Crippen molar-refractivity contribution >= 4 is 6.08 Å². The van der Waals surface area contributed by atoms with Crippen molar-refractivity contribution in [1.29, 1.82) is 0 Å². The molecule has 0 aromatic heterocycles. The minimum absolute atomic E-state index is 1.22. The molecule has 1 aromatic rings. The molecule has 0 saturated carbocycles. The first-order chi connectivity index (χ1) is 7.34. The Hall–Kier alpha value is -1.30. The highest BCUT2D eigenvalue weighted by Gasteiger charge is 1.86. The van der Waals surface area contributed by atoms with Crippen molar-refractivity contribution < 1.29 is 0 Å². The number of hydrogen-bond acceptors (Lipinski definition) is 0. The van der Waals surface area contributed by atoms with E-state index in [4.69, 9.17) is 0 Å². The highest BCUT2D eigenvalue weighted by atomic mass is 13.9. The van der Waals surface area contributed by atoms with Crippen LogP contribution in [-0.2, 0) is 0 Å². The summed E-state index contributed by atoms with van der Waals surface area (Å²) < 4.78 is 0. The molecule has 0 radical (unpaired) electrons. The lowest BCUT2D eigenvalue weighted by molar-refractivity contribution is 1.45. The summed E-state index contributed by atoms with van der Waals surface area (Å²) in [5.74, 6) is 0. The van der Waals surface area contributed by atoms with E-state index in [0.717, 1.165) is 0 Å². The molecule has 0 heteroatoms. The van der Waals surface area contributed by atoms with Gasteiger partial charge in [-0.1, -0.05) is 64.6 Å². The Morgan fingerprint density at radius 1 is 0.933 bits per heavy atom. The van der Waals surface area contributed by atoms with Gasteiger partial charge >= 0.3 is 0 Å². The van der Waals surface area contributed by atoms with Crippen molar-refractivity contribution in [3.8, 4) is 0 Å². The quantitative estimate of drug-likeness (QED) is 0.533. The molecule has 0 N–H and O–H groups in total. The smallest absolute Gasteiger partial charge is 0.0233 e. The lowest BCUT2D eigenvalue weighted by Crippen LogP contribution is -1.75. The van der Waals surface area contributed by atoms with Gasteiger partial charge in [-0.25, -0.2) is 0 Å². The van der Waals surface area contributed by atoms with Crippen molar-refractivity contribution in [3.05, 3.63) is 55.1 Å². The van der Waals surface area contributed by atoms with Crippen LogP contribution in [0.15, 0.2) is 44.0 Å². The van der Waals surface area contributed by atoms with Gasteiger partial charge in [0.05, 0.1) is 0 Å². The first-order valence-corrected chi connectivity index (χ1v) is 5.52. The standard InChI is InChI=1S/C9H10.2C2H6.C2H4/c1-3-9-7-5-4-6-8(9)2;3*1-2/h3-7H,1H2,2H3;2*1-2H3;1-2H2. The average molecular weight is 206 g/mol. The van der Waals surface area contributed by atoms with E-state index in [1.807, 2.05) is 45.9 Å². The van der Waals surface area contributed by atoms with Crippen LogP contribution in [0.3, 0.4) is 0 Å². The van der Waals surface area contributed by atoms with Crippen molar-refractivity contribution in [2.75, 3.05) is 0 Å². The summed E-state index contributed by atoms with van der Waals surface area (Å²) in [7, 11) is 0. The molecule has 0 saturated heterocycles. The number of benzene rings is 1. The summed E-state index contributed by atoms with van der Waals surface area (Å²) in [6.45, 7) is 19.8. The van der Waals surface area contributed by atoms with E-state index in [1.165, 1.54) is 11.1 Å². The van der Waals surface area contributed by atoms with Crippen molar-refractivity contribution in [3.63, 3.8) is 0 Å². The van der Waals surface area contributed by atoms with Gasteiger partial charge in [-0.15, -0.1) is 13.2 Å². The molecule has 0 aliphatic heterocycles. The van der Waals surface area contributed by atoms with Crippen LogP contribution in [0.1, 0.15) is 38.8 Å². The predicted octanol–water partition coefficient (Wildman–Crippen LogP) is 5.49. The van der Waals surface area contributed by atoms with Gasteiger partial charge < -0.3 is 0 Å². The summed E-state index contributed by atoms with van der Waals surface area (Å²) in [4.78, 5) is 0. The Labute approximate surface area is 96.4 Å². The molecule has 0 spiro atoms. The van der Waals surface area contributed by atoms with E-state index >= 15 is 0 Å². The molecule has 86 valence electrons. The average Bonchev–Trinajstić information content (AvgIpc) is 2.37. The Morgan fingerprint density at radius 3 is 1.60 bits per heavy atom. The molecule has 1 rings (SSSR count). The Balaban J connectivity index is -0.000000208. The van der Waals surface area contributed by atoms with Gasteiger partial charge in [-0.2, -0.15) is 0 Å². The van der Waals surface area contributed by atoms with E-state index in [-0.39, 0.29) is 0 Å². The minimum atomic E-state index is 1.22. The second kappa shape index (κ2) is 18.5. The van der Waals surface area contributed by atoms with Crippen LogP contribution in [0.4, 0.5) is 0 Å². The lowest BCUT2D eigenvalue weighted by Gasteiger charge is -1.95. The maximum atomic E-state index is 3.69. The molecule has 0 amide bonds. The molecule has 0 aliphatic rings. The third-order valence-corrected chi connectivity index (χ3v) is 1.41. The number of rotatable bonds is 1. The van der Waals surface area contributed by atoms with Gasteiger partial charge in [-0.05, 0) is 18.1 Å². The maximum absolute atomic E-state index is 3.69. The molecule has 0 unspecified atom stereocenters. The molecule has 1 aromatic carbocycles. The highest BCUT2D eigenvalue weighted by Crippen LogP contribution is 2.06. The normalized spacial score (nSPS) is 6.47. The molecule has 0 bridgehead atoms. The van der Waals surface area contributed by atoms with Gasteiger partial charge in [0.2, 0.25) is 0 Å². The van der Waals surface area contributed by atoms with Crippen LogP contribution >= 0.6 is 0 Å². The Morgan fingerprint density at radius 2 is 1.33 bits per heavy atom. The van der Waals surface area contributed by atoms with Crippen LogP contribution in [0, 0.1) is 6.92 Å². The third kappa shape index (κ3) is 10.6. The zero-order valence-electron chi connectivity index (χ0n) is 11.0. The van der Waals surface area contributed by atoms with E-state index in [1.54, 1.807) is 0 Å². The number of aryl methyl sites for hydroxylation is 1. The summed E-state index contributed by atoms with van der Waals surface area (Å²) in [6.07, 6.45) is 1.87. The van der Waals surface area contributed by atoms with E-state index < -0.39 is 0 Å². The predicted molar refractivity (Wildman–Crippen MR) is 75.2 cm³/mol. The van der Waals surface area contributed by atoms with Gasteiger partial charge in [0.15, 0.2) is 0 Å². The fraction of sp³-hybridized carbons (Fsp3) is 0.333. The first kappa shape index (κ1) is 19.3. The maximum Gasteiger partial charge on any atom is -0.0233 e. The monoisotopic (exact) mass is 206 g/mol. The van der Waals surface area contributed by atoms with Gasteiger partial charge in [-0.3, -0.25) is 0 Å². The minimum Gasteiger partial charge on any atom is -0.106 e. The van der Waals surface area contributed by atoms with Gasteiger partial charge in [0.25, 0.3) is 0 Å². The van der Waals surface area contributed by atoms with E-state index in [9.17, 15) is 0 Å². The van der Waals surface area contributed by atoms with Crippen molar-refractivity contribution in [2.45, 2.75) is 34.6 Å². The second-order valence-electron chi connectivity index (χ2n) is 2.06. The van der Waals surface area contributed by atoms with Crippen LogP contribution in [0.5, 0.6) is 0 Å². The molecular weight excluding hydrogens is 180 g/mol. The molecule has 0 nitrogen and oxygen atoms in total. The van der Waals surface area contributed by atoms with Crippen LogP contribution in [0.25, 0.3) is 6.08 Å². The molecule has 15 heavy (non-hydrogen) atoms. The first-order valence-electron chi connectivity index (χ1n) is 5.52. The fourth-order valence-electron chi connectivity index (χ4n) is 0.816. The summed E-state index contributed by atoms with van der Waals surface area (Å²) in [5.41, 5.74) is 2.50. The fourth-order valence-corrected chi connectivity index (χ4v) is 0.816. The van der Waals surface area contributed by atoms with Crippen molar-refractivity contribution in [2.24, 2.45) is 0 Å². The Kier molecular flexibility index (Phi) is 23.8. The SMILES string of the molecule is C=C.C=Cc1ccccc1C.CC.CC. The van der Waals surface area contributed by atoms with Crippen LogP contribution in [-0.4, -0.2) is 0 Å². The van der Waals surface area contributed by atoms with Crippen molar-refractivity contribution in [1.82, 2.24) is 0 Å². The molecule has 0 fully saturated rings. The third-order valence-electron chi connectivity index (χ3n) is 1.41. The highest BCUT2D eigenvalue weighted by molar-refractivity contribution is 5.50. The lowest BCUT2D eigenvalue weighted by atomic mass is 10.1. The topological polar surface area (TPSA) is 0 Å². The van der Waals surface area contributed by atoms with Gasteiger partial charge in [0.1, 0.15) is 0 Å². The second-order valence-corrected chi connectivity index (χ2v) is 2.06. The molecule has 0 aliphatic carbocycles. The van der Waals surface area contributed by atoms with E-state index in [2.05, 4.69) is 38.8 Å².